The van der Waals surface area contributed by atoms with E-state index in [1.54, 1.807) is 0 Å². The predicted octanol–water partition coefficient (Wildman–Crippen LogP) is 2.24. The Morgan fingerprint density at radius 2 is 2.31 bits per heavy atom. The Bertz CT molecular complexity index is 402. The molecule has 0 saturated carbocycles. The molecular formula is C12H13ClN2O. The van der Waals surface area contributed by atoms with E-state index in [2.05, 4.69) is 11.0 Å². The molecular weight excluding hydrogens is 224 g/mol. The minimum atomic E-state index is -0.0178. The highest BCUT2D eigenvalue weighted by Gasteiger charge is 2.22. The van der Waals surface area contributed by atoms with E-state index in [1.165, 1.54) is 0 Å². The Kier molecular flexibility index (Phi) is 3.79. The number of hydrogen-bond acceptors (Lipinski definition) is 3. The summed E-state index contributed by atoms with van der Waals surface area (Å²) >= 11 is 6.12. The van der Waals surface area contributed by atoms with E-state index in [4.69, 9.17) is 21.6 Å². The smallest absolute Gasteiger partial charge is 0.0967 e. The largest absolute Gasteiger partial charge is 0.371 e. The third-order valence-electron chi connectivity index (χ3n) is 2.70. The summed E-state index contributed by atoms with van der Waals surface area (Å²) in [6.45, 7) is 2.65. The predicted molar refractivity (Wildman–Crippen MR) is 62.2 cm³/mol. The fourth-order valence-corrected chi connectivity index (χ4v) is 2.13. The Labute approximate surface area is 100 Å². The number of nitrogens with zero attached hydrogens (tertiary/aromatic N) is 2. The SMILES string of the molecule is N#CCN1CCO[C@H](c2ccccc2Cl)C1. The molecule has 0 N–H and O–H groups in total. The van der Waals surface area contributed by atoms with Crippen LogP contribution in [0, 0.1) is 11.3 Å². The standard InChI is InChI=1S/C12H13ClN2O/c13-11-4-2-1-3-10(11)12-9-15(6-5-14)7-8-16-12/h1-4,12H,6-9H2/t12-/m0/s1. The highest BCUT2D eigenvalue weighted by molar-refractivity contribution is 6.31. The van der Waals surface area contributed by atoms with Crippen molar-refractivity contribution in [2.75, 3.05) is 26.2 Å². The van der Waals surface area contributed by atoms with Crippen LogP contribution >= 0.6 is 11.6 Å². The summed E-state index contributed by atoms with van der Waals surface area (Å²) in [4.78, 5) is 2.08. The minimum Gasteiger partial charge on any atom is -0.371 e. The molecule has 0 bridgehead atoms. The van der Waals surface area contributed by atoms with Gasteiger partial charge in [0.05, 0.1) is 25.3 Å². The lowest BCUT2D eigenvalue weighted by atomic mass is 10.1. The molecule has 1 aliphatic rings. The normalized spacial score (nSPS) is 21.6. The lowest BCUT2D eigenvalue weighted by Crippen LogP contribution is -2.38. The van der Waals surface area contributed by atoms with Crippen molar-refractivity contribution < 1.29 is 4.74 Å². The number of halogens is 1. The maximum absolute atomic E-state index is 8.67. The van der Waals surface area contributed by atoms with Crippen molar-refractivity contribution in [3.8, 4) is 6.07 Å². The molecule has 0 radical (unpaired) electrons. The first-order valence-electron chi connectivity index (χ1n) is 5.26. The molecule has 1 aromatic carbocycles. The van der Waals surface area contributed by atoms with Crippen molar-refractivity contribution in [3.05, 3.63) is 34.9 Å². The second-order valence-electron chi connectivity index (χ2n) is 3.77. The van der Waals surface area contributed by atoms with E-state index in [9.17, 15) is 0 Å². The van der Waals surface area contributed by atoms with Crippen LogP contribution < -0.4 is 0 Å². The summed E-state index contributed by atoms with van der Waals surface area (Å²) in [7, 11) is 0. The van der Waals surface area contributed by atoms with Gasteiger partial charge in [0, 0.05) is 23.7 Å². The summed E-state index contributed by atoms with van der Waals surface area (Å²) in [5.74, 6) is 0. The van der Waals surface area contributed by atoms with Gasteiger partial charge in [0.2, 0.25) is 0 Å². The summed E-state index contributed by atoms with van der Waals surface area (Å²) < 4.78 is 5.69. The molecule has 2 rings (SSSR count). The highest BCUT2D eigenvalue weighted by atomic mass is 35.5. The number of benzene rings is 1. The molecule has 1 aromatic rings. The Morgan fingerprint density at radius 3 is 3.06 bits per heavy atom. The zero-order valence-corrected chi connectivity index (χ0v) is 9.65. The van der Waals surface area contributed by atoms with Crippen molar-refractivity contribution >= 4 is 11.6 Å². The van der Waals surface area contributed by atoms with Gasteiger partial charge < -0.3 is 4.74 Å². The van der Waals surface area contributed by atoms with E-state index in [0.29, 0.717) is 13.2 Å². The Balaban J connectivity index is 2.10. The second kappa shape index (κ2) is 5.31. The van der Waals surface area contributed by atoms with Crippen molar-refractivity contribution in [1.29, 1.82) is 5.26 Å². The van der Waals surface area contributed by atoms with E-state index < -0.39 is 0 Å². The molecule has 0 spiro atoms. The maximum Gasteiger partial charge on any atom is 0.0967 e. The molecule has 3 nitrogen and oxygen atoms in total. The summed E-state index contributed by atoms with van der Waals surface area (Å²) in [5, 5.41) is 9.40. The molecule has 16 heavy (non-hydrogen) atoms. The van der Waals surface area contributed by atoms with Gasteiger partial charge in [-0.25, -0.2) is 0 Å². The molecule has 1 saturated heterocycles. The quantitative estimate of drug-likeness (QED) is 0.739. The van der Waals surface area contributed by atoms with Gasteiger partial charge in [0.1, 0.15) is 0 Å². The van der Waals surface area contributed by atoms with Gasteiger partial charge >= 0.3 is 0 Å². The van der Waals surface area contributed by atoms with Crippen LogP contribution in [0.5, 0.6) is 0 Å². The van der Waals surface area contributed by atoms with E-state index in [-0.39, 0.29) is 6.10 Å². The lowest BCUT2D eigenvalue weighted by molar-refractivity contribution is -0.0254. The van der Waals surface area contributed by atoms with Crippen molar-refractivity contribution in [3.63, 3.8) is 0 Å². The van der Waals surface area contributed by atoms with Crippen molar-refractivity contribution in [1.82, 2.24) is 4.90 Å². The number of hydrogen-bond donors (Lipinski definition) is 0. The third-order valence-corrected chi connectivity index (χ3v) is 3.04. The number of morpholine rings is 1. The fraction of sp³-hybridized carbons (Fsp3) is 0.417. The summed E-state index contributed by atoms with van der Waals surface area (Å²) in [6, 6.07) is 9.86. The first-order chi connectivity index (χ1) is 7.81. The molecule has 1 atom stereocenters. The molecule has 0 unspecified atom stereocenters. The molecule has 84 valence electrons. The van der Waals surface area contributed by atoms with Crippen LogP contribution in [-0.4, -0.2) is 31.1 Å². The van der Waals surface area contributed by atoms with Gasteiger partial charge in [-0.15, -0.1) is 0 Å². The molecule has 0 aliphatic carbocycles. The van der Waals surface area contributed by atoms with Crippen LogP contribution in [0.1, 0.15) is 11.7 Å². The van der Waals surface area contributed by atoms with Crippen LogP contribution in [0.15, 0.2) is 24.3 Å². The van der Waals surface area contributed by atoms with Crippen LogP contribution in [-0.2, 0) is 4.74 Å². The second-order valence-corrected chi connectivity index (χ2v) is 4.18. The molecule has 1 aliphatic heterocycles. The third kappa shape index (κ3) is 2.53. The first-order valence-corrected chi connectivity index (χ1v) is 5.64. The van der Waals surface area contributed by atoms with Gasteiger partial charge in [0.25, 0.3) is 0 Å². The van der Waals surface area contributed by atoms with Crippen LogP contribution in [0.3, 0.4) is 0 Å². The number of rotatable bonds is 2. The number of nitriles is 1. The zero-order chi connectivity index (χ0) is 11.4. The van der Waals surface area contributed by atoms with Gasteiger partial charge in [0.15, 0.2) is 0 Å². The van der Waals surface area contributed by atoms with Crippen LogP contribution in [0.2, 0.25) is 5.02 Å². The van der Waals surface area contributed by atoms with Crippen molar-refractivity contribution in [2.24, 2.45) is 0 Å². The molecule has 0 amide bonds. The highest BCUT2D eigenvalue weighted by Crippen LogP contribution is 2.27. The zero-order valence-electron chi connectivity index (χ0n) is 8.90. The van der Waals surface area contributed by atoms with E-state index in [0.717, 1.165) is 23.7 Å². The monoisotopic (exact) mass is 236 g/mol. The van der Waals surface area contributed by atoms with Crippen molar-refractivity contribution in [2.45, 2.75) is 6.10 Å². The van der Waals surface area contributed by atoms with E-state index >= 15 is 0 Å². The average Bonchev–Trinajstić information content (AvgIpc) is 2.30. The Hall–Kier alpha value is -1.08. The average molecular weight is 237 g/mol. The molecule has 1 fully saturated rings. The molecule has 1 heterocycles. The topological polar surface area (TPSA) is 36.3 Å². The summed E-state index contributed by atoms with van der Waals surface area (Å²) in [5.41, 5.74) is 1.01. The lowest BCUT2D eigenvalue weighted by Gasteiger charge is -2.31. The fourth-order valence-electron chi connectivity index (χ4n) is 1.87. The van der Waals surface area contributed by atoms with Gasteiger partial charge in [-0.1, -0.05) is 29.8 Å². The maximum atomic E-state index is 8.67. The van der Waals surface area contributed by atoms with E-state index in [1.807, 2.05) is 24.3 Å². The minimum absolute atomic E-state index is 0.0178. The van der Waals surface area contributed by atoms with Gasteiger partial charge in [-0.3, -0.25) is 4.90 Å². The van der Waals surface area contributed by atoms with Gasteiger partial charge in [-0.2, -0.15) is 5.26 Å². The Morgan fingerprint density at radius 1 is 1.50 bits per heavy atom. The first kappa shape index (κ1) is 11.4. The number of ether oxygens (including phenoxy) is 1. The molecule has 4 heteroatoms. The van der Waals surface area contributed by atoms with Gasteiger partial charge in [-0.05, 0) is 6.07 Å². The van der Waals surface area contributed by atoms with Crippen LogP contribution in [0.4, 0.5) is 0 Å². The van der Waals surface area contributed by atoms with Crippen LogP contribution in [0.25, 0.3) is 0 Å². The molecule has 0 aromatic heterocycles. The summed E-state index contributed by atoms with van der Waals surface area (Å²) in [6.07, 6.45) is -0.0178.